The second kappa shape index (κ2) is 9.81. The molecule has 2 heterocycles. The molecule has 1 aromatic carbocycles. The molecule has 0 aliphatic heterocycles. The summed E-state index contributed by atoms with van der Waals surface area (Å²) in [4.78, 5) is 3.79. The molecule has 0 saturated carbocycles. The number of fused-ring (bicyclic) bond motifs is 1. The molecule has 0 bridgehead atoms. The molecule has 0 saturated heterocycles. The molecule has 2 atom stereocenters. The first-order valence-corrected chi connectivity index (χ1v) is 12.4. The average Bonchev–Trinajstić information content (AvgIpc) is 3.05. The number of alkyl halides is 5. The summed E-state index contributed by atoms with van der Waals surface area (Å²) in [6.45, 7) is 9.07. The van der Waals surface area contributed by atoms with Crippen LogP contribution in [-0.2, 0) is 23.7 Å². The van der Waals surface area contributed by atoms with E-state index in [1.165, 1.54) is 26.1 Å². The zero-order valence-electron chi connectivity index (χ0n) is 20.6. The van der Waals surface area contributed by atoms with E-state index in [2.05, 4.69) is 4.98 Å². The fraction of sp³-hybridized carbons (Fsp3) is 0.480. The highest BCUT2D eigenvalue weighted by molar-refractivity contribution is 7.84. The van der Waals surface area contributed by atoms with Crippen LogP contribution in [0.15, 0.2) is 36.7 Å². The van der Waals surface area contributed by atoms with E-state index in [1.807, 2.05) is 20.8 Å². The van der Waals surface area contributed by atoms with Crippen molar-refractivity contribution in [2.45, 2.75) is 70.9 Å². The number of aromatic nitrogens is 2. The van der Waals surface area contributed by atoms with Gasteiger partial charge in [-0.1, -0.05) is 20.8 Å². The summed E-state index contributed by atoms with van der Waals surface area (Å²) in [6, 6.07) is 4.13. The Hall–Kier alpha value is -2.40. The molecule has 2 aromatic heterocycles. The Bertz CT molecular complexity index is 1280. The predicted octanol–water partition coefficient (Wildman–Crippen LogP) is 7.05. The first kappa shape index (κ1) is 28.2. The van der Waals surface area contributed by atoms with Gasteiger partial charge in [-0.05, 0) is 55.5 Å². The van der Waals surface area contributed by atoms with Crippen LogP contribution in [0.2, 0.25) is 0 Å². The lowest BCUT2D eigenvalue weighted by atomic mass is 9.89. The highest BCUT2D eigenvalue weighted by Gasteiger charge is 2.37. The Morgan fingerprint density at radius 1 is 1.11 bits per heavy atom. The minimum absolute atomic E-state index is 0.116. The molecular weight excluding hydrogens is 504 g/mol. The Balaban J connectivity index is 2.31. The van der Waals surface area contributed by atoms with Crippen LogP contribution >= 0.6 is 0 Å². The molecule has 198 valence electrons. The summed E-state index contributed by atoms with van der Waals surface area (Å²) in [7, 11) is -1.90. The van der Waals surface area contributed by atoms with Crippen LogP contribution in [0.3, 0.4) is 0 Å². The summed E-state index contributed by atoms with van der Waals surface area (Å²) < 4.78 is 97.3. The minimum atomic E-state index is -4.77. The standard InChI is InChI=1S/C25H29F6N3OS/c1-23(2,3)13-34-12-17(16(22(27)28)11-24(4,5)36(32)35)14-9-19(26)15(10-20(14)34)21-18(25(29,30)31)7-6-8-33-21/h6-10,12,16,22H,11,13,32H2,1-5H3/t16-,36?/m0/s1. The van der Waals surface area contributed by atoms with Crippen molar-refractivity contribution >= 4 is 21.9 Å². The smallest absolute Gasteiger partial charge is 0.347 e. The molecule has 0 spiro atoms. The summed E-state index contributed by atoms with van der Waals surface area (Å²) in [5, 5.41) is 5.67. The van der Waals surface area contributed by atoms with Crippen molar-refractivity contribution in [3.05, 3.63) is 53.6 Å². The second-order valence-corrected chi connectivity index (χ2v) is 12.4. The van der Waals surface area contributed by atoms with Gasteiger partial charge in [0.25, 0.3) is 0 Å². The van der Waals surface area contributed by atoms with Gasteiger partial charge in [0, 0.05) is 41.3 Å². The van der Waals surface area contributed by atoms with E-state index in [0.29, 0.717) is 12.1 Å². The largest absolute Gasteiger partial charge is 0.418 e. The lowest BCUT2D eigenvalue weighted by Gasteiger charge is -2.27. The fourth-order valence-electron chi connectivity index (χ4n) is 4.25. The Morgan fingerprint density at radius 2 is 1.75 bits per heavy atom. The van der Waals surface area contributed by atoms with E-state index < -0.39 is 51.3 Å². The van der Waals surface area contributed by atoms with Crippen molar-refractivity contribution in [3.63, 3.8) is 0 Å². The zero-order chi connectivity index (χ0) is 27.2. The Kier molecular flexibility index (Phi) is 7.68. The van der Waals surface area contributed by atoms with Gasteiger partial charge < -0.3 is 4.57 Å². The molecule has 1 unspecified atom stereocenters. The first-order valence-electron chi connectivity index (χ1n) is 11.2. The van der Waals surface area contributed by atoms with Gasteiger partial charge in [0.05, 0.1) is 27.0 Å². The number of hydrogen-bond donors (Lipinski definition) is 1. The van der Waals surface area contributed by atoms with Gasteiger partial charge in [-0.15, -0.1) is 0 Å². The fourth-order valence-corrected chi connectivity index (χ4v) is 4.60. The number of benzene rings is 1. The maximum Gasteiger partial charge on any atom is 0.418 e. The number of pyridine rings is 1. The van der Waals surface area contributed by atoms with Crippen molar-refractivity contribution in [1.29, 1.82) is 0 Å². The van der Waals surface area contributed by atoms with Gasteiger partial charge in [-0.2, -0.15) is 13.2 Å². The number of hydrogen-bond acceptors (Lipinski definition) is 2. The monoisotopic (exact) mass is 533 g/mol. The molecular formula is C25H29F6N3OS. The number of nitrogens with two attached hydrogens (primary N) is 1. The van der Waals surface area contributed by atoms with Crippen molar-refractivity contribution < 1.29 is 30.6 Å². The molecule has 0 aliphatic rings. The van der Waals surface area contributed by atoms with Crippen molar-refractivity contribution in [3.8, 4) is 11.3 Å². The second-order valence-electron chi connectivity index (χ2n) is 10.7. The molecule has 3 aromatic rings. The molecule has 0 amide bonds. The molecule has 36 heavy (non-hydrogen) atoms. The van der Waals surface area contributed by atoms with E-state index in [-0.39, 0.29) is 28.3 Å². The summed E-state index contributed by atoms with van der Waals surface area (Å²) in [5.41, 5.74) is -1.99. The van der Waals surface area contributed by atoms with Gasteiger partial charge in [0.2, 0.25) is 6.43 Å². The molecule has 3 rings (SSSR count). The van der Waals surface area contributed by atoms with Crippen molar-refractivity contribution in [2.24, 2.45) is 10.6 Å². The molecule has 0 radical (unpaired) electrons. The third-order valence-corrected chi connectivity index (χ3v) is 7.23. The predicted molar refractivity (Wildman–Crippen MR) is 129 cm³/mol. The summed E-state index contributed by atoms with van der Waals surface area (Å²) in [5.74, 6) is -2.45. The molecule has 4 nitrogen and oxygen atoms in total. The van der Waals surface area contributed by atoms with Crippen LogP contribution in [0.1, 0.15) is 58.1 Å². The Labute approximate surface area is 208 Å². The van der Waals surface area contributed by atoms with Crippen LogP contribution in [0.5, 0.6) is 0 Å². The third kappa shape index (κ3) is 5.94. The van der Waals surface area contributed by atoms with Gasteiger partial charge in [-0.3, -0.25) is 10.1 Å². The highest BCUT2D eigenvalue weighted by atomic mass is 32.2. The zero-order valence-corrected chi connectivity index (χ0v) is 21.4. The normalized spacial score (nSPS) is 15.0. The third-order valence-electron chi connectivity index (χ3n) is 5.97. The molecule has 0 aliphatic carbocycles. The van der Waals surface area contributed by atoms with E-state index in [1.54, 1.807) is 4.57 Å². The SMILES string of the molecule is CC(C)(C)Cn1cc([C@H](CC(C)(C)S(N)=O)C(F)F)c2cc(F)c(-c3ncccc3C(F)(F)F)cc21. The highest BCUT2D eigenvalue weighted by Crippen LogP contribution is 2.42. The van der Waals surface area contributed by atoms with Crippen LogP contribution in [0.25, 0.3) is 22.2 Å². The lowest BCUT2D eigenvalue weighted by Crippen LogP contribution is -2.35. The van der Waals surface area contributed by atoms with E-state index in [4.69, 9.17) is 5.14 Å². The van der Waals surface area contributed by atoms with E-state index >= 15 is 4.39 Å². The average molecular weight is 534 g/mol. The minimum Gasteiger partial charge on any atom is -0.347 e. The van der Waals surface area contributed by atoms with Crippen LogP contribution in [0.4, 0.5) is 26.3 Å². The quantitative estimate of drug-likeness (QED) is 0.331. The van der Waals surface area contributed by atoms with Gasteiger partial charge in [0.15, 0.2) is 0 Å². The van der Waals surface area contributed by atoms with Gasteiger partial charge >= 0.3 is 6.18 Å². The van der Waals surface area contributed by atoms with Gasteiger partial charge in [-0.25, -0.2) is 17.4 Å². The van der Waals surface area contributed by atoms with Crippen LogP contribution < -0.4 is 5.14 Å². The van der Waals surface area contributed by atoms with Crippen LogP contribution in [-0.4, -0.2) is 24.9 Å². The van der Waals surface area contributed by atoms with Gasteiger partial charge in [0.1, 0.15) is 5.82 Å². The summed E-state index contributed by atoms with van der Waals surface area (Å²) >= 11 is 0. The Morgan fingerprint density at radius 3 is 2.28 bits per heavy atom. The van der Waals surface area contributed by atoms with Crippen molar-refractivity contribution in [1.82, 2.24) is 9.55 Å². The maximum atomic E-state index is 15.4. The van der Waals surface area contributed by atoms with E-state index in [0.717, 1.165) is 24.4 Å². The lowest BCUT2D eigenvalue weighted by molar-refractivity contribution is -0.137. The first-order chi connectivity index (χ1) is 16.4. The maximum absolute atomic E-state index is 15.4. The molecule has 0 fully saturated rings. The number of halogens is 6. The van der Waals surface area contributed by atoms with E-state index in [9.17, 15) is 26.2 Å². The van der Waals surface area contributed by atoms with Crippen molar-refractivity contribution in [2.75, 3.05) is 0 Å². The van der Waals surface area contributed by atoms with Crippen LogP contribution in [0, 0.1) is 11.2 Å². The number of rotatable bonds is 7. The molecule has 11 heteroatoms. The molecule has 2 N–H and O–H groups in total. The topological polar surface area (TPSA) is 60.9 Å². The number of nitrogens with zero attached hydrogens (tertiary/aromatic N) is 2. The summed E-state index contributed by atoms with van der Waals surface area (Å²) in [6.07, 6.45) is -5.28.